The number of hydrogen-bond donors (Lipinski definition) is 2. The van der Waals surface area contributed by atoms with Crippen LogP contribution in [0.1, 0.15) is 26.1 Å². The second-order valence-corrected chi connectivity index (χ2v) is 3.39. The van der Waals surface area contributed by atoms with E-state index >= 15 is 0 Å². The van der Waals surface area contributed by atoms with E-state index in [1.54, 1.807) is 6.92 Å². The Labute approximate surface area is 76.9 Å². The van der Waals surface area contributed by atoms with Crippen LogP contribution in [-0.4, -0.2) is 21.1 Å². The summed E-state index contributed by atoms with van der Waals surface area (Å²) in [5, 5.41) is 9.05. The molecule has 1 rings (SSSR count). The Morgan fingerprint density at radius 1 is 1.62 bits per heavy atom. The Morgan fingerprint density at radius 3 is 2.77 bits per heavy atom. The molecule has 0 aromatic carbocycles. The maximum Gasteiger partial charge on any atom is 0.248 e. The van der Waals surface area contributed by atoms with Gasteiger partial charge in [0.2, 0.25) is 11.9 Å². The topological polar surface area (TPSA) is 70.7 Å². The number of nitrogens with zero attached hydrogens (tertiary/aromatic N) is 2. The Balaban J connectivity index is 2.45. The third-order valence-corrected chi connectivity index (χ3v) is 1.44. The van der Waals surface area contributed by atoms with Crippen LogP contribution in [0, 0.1) is 12.8 Å². The summed E-state index contributed by atoms with van der Waals surface area (Å²) in [6.07, 6.45) is 0.494. The van der Waals surface area contributed by atoms with Crippen LogP contribution >= 0.6 is 0 Å². The van der Waals surface area contributed by atoms with Crippen LogP contribution in [0.15, 0.2) is 0 Å². The number of aromatic nitrogens is 3. The second kappa shape index (κ2) is 4.02. The van der Waals surface area contributed by atoms with Crippen molar-refractivity contribution in [1.29, 1.82) is 0 Å². The van der Waals surface area contributed by atoms with Gasteiger partial charge in [0.1, 0.15) is 5.82 Å². The number of carbonyl (C=O) groups is 1. The Bertz CT molecular complexity index is 292. The largest absolute Gasteiger partial charge is 0.293 e. The number of hydrogen-bond acceptors (Lipinski definition) is 3. The molecule has 1 aromatic rings. The maximum atomic E-state index is 11.2. The Kier molecular flexibility index (Phi) is 3.00. The van der Waals surface area contributed by atoms with Crippen LogP contribution in [0.5, 0.6) is 0 Å². The first-order chi connectivity index (χ1) is 6.08. The van der Waals surface area contributed by atoms with E-state index in [9.17, 15) is 4.79 Å². The number of carbonyl (C=O) groups excluding carboxylic acids is 1. The Morgan fingerprint density at radius 2 is 2.31 bits per heavy atom. The molecular formula is C8H14N4O. The van der Waals surface area contributed by atoms with Crippen molar-refractivity contribution in [1.82, 2.24) is 15.2 Å². The summed E-state index contributed by atoms with van der Waals surface area (Å²) in [4.78, 5) is 15.2. The first-order valence-corrected chi connectivity index (χ1v) is 4.27. The van der Waals surface area contributed by atoms with Gasteiger partial charge in [0.25, 0.3) is 0 Å². The van der Waals surface area contributed by atoms with Gasteiger partial charge in [0.15, 0.2) is 0 Å². The van der Waals surface area contributed by atoms with Crippen LogP contribution in [0.25, 0.3) is 0 Å². The highest BCUT2D eigenvalue weighted by Gasteiger charge is 2.07. The molecule has 2 N–H and O–H groups in total. The van der Waals surface area contributed by atoms with Crippen LogP contribution in [0.3, 0.4) is 0 Å². The van der Waals surface area contributed by atoms with Gasteiger partial charge in [-0.3, -0.25) is 15.2 Å². The third-order valence-electron chi connectivity index (χ3n) is 1.44. The van der Waals surface area contributed by atoms with Gasteiger partial charge in [-0.05, 0) is 12.8 Å². The molecule has 5 nitrogen and oxygen atoms in total. The molecule has 0 bridgehead atoms. The van der Waals surface area contributed by atoms with E-state index < -0.39 is 0 Å². The lowest BCUT2D eigenvalue weighted by atomic mass is 10.1. The van der Waals surface area contributed by atoms with Crippen LogP contribution in [0.2, 0.25) is 0 Å². The lowest BCUT2D eigenvalue weighted by Gasteiger charge is -2.02. The van der Waals surface area contributed by atoms with Crippen molar-refractivity contribution >= 4 is 11.9 Å². The van der Waals surface area contributed by atoms with Gasteiger partial charge in [-0.25, -0.2) is 0 Å². The molecule has 0 aliphatic rings. The molecule has 1 aromatic heterocycles. The average molecular weight is 182 g/mol. The lowest BCUT2D eigenvalue weighted by Crippen LogP contribution is -2.14. The molecule has 0 fully saturated rings. The van der Waals surface area contributed by atoms with Crippen LogP contribution < -0.4 is 5.32 Å². The SMILES string of the molecule is Cc1nc(NC(=O)CC(C)C)n[nH]1. The van der Waals surface area contributed by atoms with Crippen molar-refractivity contribution in [2.45, 2.75) is 27.2 Å². The first-order valence-electron chi connectivity index (χ1n) is 4.27. The molecule has 13 heavy (non-hydrogen) atoms. The number of amides is 1. The van der Waals surface area contributed by atoms with Crippen molar-refractivity contribution in [2.24, 2.45) is 5.92 Å². The predicted molar refractivity (Wildman–Crippen MR) is 49.2 cm³/mol. The molecule has 0 aliphatic heterocycles. The van der Waals surface area contributed by atoms with Gasteiger partial charge < -0.3 is 0 Å². The first kappa shape index (κ1) is 9.70. The van der Waals surface area contributed by atoms with E-state index in [2.05, 4.69) is 20.5 Å². The van der Waals surface area contributed by atoms with Crippen molar-refractivity contribution in [3.8, 4) is 0 Å². The lowest BCUT2D eigenvalue weighted by molar-refractivity contribution is -0.116. The van der Waals surface area contributed by atoms with E-state index in [1.165, 1.54) is 0 Å². The van der Waals surface area contributed by atoms with Gasteiger partial charge in [-0.1, -0.05) is 13.8 Å². The number of nitrogens with one attached hydrogen (secondary N) is 2. The van der Waals surface area contributed by atoms with Crippen molar-refractivity contribution in [3.05, 3.63) is 5.82 Å². The standard InChI is InChI=1S/C8H14N4O/c1-5(2)4-7(13)10-8-9-6(3)11-12-8/h5H,4H2,1-3H3,(H2,9,10,11,12,13). The molecule has 1 heterocycles. The maximum absolute atomic E-state index is 11.2. The van der Waals surface area contributed by atoms with Crippen LogP contribution in [-0.2, 0) is 4.79 Å². The fraction of sp³-hybridized carbons (Fsp3) is 0.625. The van der Waals surface area contributed by atoms with Crippen LogP contribution in [0.4, 0.5) is 5.95 Å². The molecule has 0 saturated heterocycles. The monoisotopic (exact) mass is 182 g/mol. The smallest absolute Gasteiger partial charge is 0.248 e. The van der Waals surface area contributed by atoms with Crippen molar-refractivity contribution in [2.75, 3.05) is 5.32 Å². The fourth-order valence-electron chi connectivity index (χ4n) is 0.945. The van der Waals surface area contributed by atoms with E-state index in [4.69, 9.17) is 0 Å². The highest BCUT2D eigenvalue weighted by Crippen LogP contribution is 2.03. The summed E-state index contributed by atoms with van der Waals surface area (Å²) in [7, 11) is 0. The molecule has 0 aliphatic carbocycles. The van der Waals surface area contributed by atoms with Crippen molar-refractivity contribution < 1.29 is 4.79 Å². The molecule has 0 atom stereocenters. The molecule has 5 heteroatoms. The number of H-pyrrole nitrogens is 1. The van der Waals surface area contributed by atoms with E-state index in [1.807, 2.05) is 13.8 Å². The van der Waals surface area contributed by atoms with E-state index in [0.717, 1.165) is 0 Å². The zero-order valence-corrected chi connectivity index (χ0v) is 8.09. The quantitative estimate of drug-likeness (QED) is 0.735. The second-order valence-electron chi connectivity index (χ2n) is 3.39. The minimum atomic E-state index is -0.0472. The minimum absolute atomic E-state index is 0.0472. The normalized spacial score (nSPS) is 10.5. The summed E-state index contributed by atoms with van der Waals surface area (Å²) < 4.78 is 0. The zero-order chi connectivity index (χ0) is 9.84. The third kappa shape index (κ3) is 3.23. The summed E-state index contributed by atoms with van der Waals surface area (Å²) in [6.45, 7) is 5.76. The molecule has 72 valence electrons. The zero-order valence-electron chi connectivity index (χ0n) is 8.09. The van der Waals surface area contributed by atoms with Gasteiger partial charge >= 0.3 is 0 Å². The molecule has 0 saturated carbocycles. The summed E-state index contributed by atoms with van der Waals surface area (Å²) >= 11 is 0. The number of aryl methyl sites for hydroxylation is 1. The molecule has 0 unspecified atom stereocenters. The fourth-order valence-corrected chi connectivity index (χ4v) is 0.945. The highest BCUT2D eigenvalue weighted by molar-refractivity contribution is 5.88. The molecular weight excluding hydrogens is 168 g/mol. The summed E-state index contributed by atoms with van der Waals surface area (Å²) in [6, 6.07) is 0. The number of aromatic amines is 1. The predicted octanol–water partition coefficient (Wildman–Crippen LogP) is 1.10. The molecule has 1 amide bonds. The minimum Gasteiger partial charge on any atom is -0.293 e. The average Bonchev–Trinajstić information content (AvgIpc) is 2.33. The highest BCUT2D eigenvalue weighted by atomic mass is 16.1. The molecule has 0 radical (unpaired) electrons. The van der Waals surface area contributed by atoms with Gasteiger partial charge in [-0.15, -0.1) is 5.10 Å². The van der Waals surface area contributed by atoms with E-state index in [0.29, 0.717) is 24.1 Å². The van der Waals surface area contributed by atoms with Gasteiger partial charge in [0.05, 0.1) is 0 Å². The van der Waals surface area contributed by atoms with Gasteiger partial charge in [0, 0.05) is 6.42 Å². The molecule has 0 spiro atoms. The van der Waals surface area contributed by atoms with Crippen molar-refractivity contribution in [3.63, 3.8) is 0 Å². The van der Waals surface area contributed by atoms with Gasteiger partial charge in [-0.2, -0.15) is 4.98 Å². The number of rotatable bonds is 3. The summed E-state index contributed by atoms with van der Waals surface area (Å²) in [5.74, 6) is 1.34. The summed E-state index contributed by atoms with van der Waals surface area (Å²) in [5.41, 5.74) is 0. The van der Waals surface area contributed by atoms with E-state index in [-0.39, 0.29) is 5.91 Å². The Hall–Kier alpha value is -1.39. The number of anilines is 1.